The van der Waals surface area contributed by atoms with Crippen LogP contribution >= 0.6 is 15.9 Å². The maximum atomic E-state index is 10.4. The number of halogens is 1. The predicted octanol–water partition coefficient (Wildman–Crippen LogP) is 0.278. The van der Waals surface area contributed by atoms with E-state index in [2.05, 4.69) is 20.7 Å². The second-order valence-electron chi connectivity index (χ2n) is 1.22. The van der Waals surface area contributed by atoms with E-state index in [0.717, 1.165) is 0 Å². The monoisotopic (exact) mass is 201 g/mol. The van der Waals surface area contributed by atoms with E-state index < -0.39 is 10.0 Å². The Morgan fingerprint density at radius 3 is 2.25 bits per heavy atom. The van der Waals surface area contributed by atoms with E-state index in [1.807, 2.05) is 0 Å². The molecule has 0 fully saturated rings. The molecule has 0 spiro atoms. The van der Waals surface area contributed by atoms with Gasteiger partial charge in [0, 0.05) is 6.54 Å². The molecule has 0 aliphatic carbocycles. The Morgan fingerprint density at radius 2 is 2.12 bits per heavy atom. The van der Waals surface area contributed by atoms with Gasteiger partial charge in [0.1, 0.15) is 4.66 Å². The van der Waals surface area contributed by atoms with E-state index in [-0.39, 0.29) is 4.66 Å². The Hall–Kier alpha value is 0.390. The lowest BCUT2D eigenvalue weighted by Crippen LogP contribution is -2.23. The molecule has 0 aromatic heterocycles. The van der Waals surface area contributed by atoms with E-state index >= 15 is 0 Å². The Balaban J connectivity index is 3.76. The lowest BCUT2D eigenvalue weighted by atomic mass is 10.8. The van der Waals surface area contributed by atoms with E-state index in [1.165, 1.54) is 0 Å². The molecule has 0 rings (SSSR count). The van der Waals surface area contributed by atoms with E-state index in [0.29, 0.717) is 6.54 Å². The van der Waals surface area contributed by atoms with Gasteiger partial charge in [-0.25, -0.2) is 13.1 Å². The first-order chi connectivity index (χ1) is 3.62. The summed E-state index contributed by atoms with van der Waals surface area (Å²) in [6.07, 6.45) is 0. The van der Waals surface area contributed by atoms with Crippen LogP contribution in [-0.2, 0) is 10.0 Å². The third-order valence-electron chi connectivity index (χ3n) is 0.508. The Bertz CT molecular complexity index is 141. The zero-order chi connectivity index (χ0) is 6.62. The molecule has 0 atom stereocenters. The smallest absolute Gasteiger partial charge is 0.215 e. The Labute approximate surface area is 57.6 Å². The summed E-state index contributed by atoms with van der Waals surface area (Å²) in [6.45, 7) is 2.19. The molecule has 5 heteroatoms. The molecule has 3 nitrogen and oxygen atoms in total. The number of sulfonamides is 1. The summed E-state index contributed by atoms with van der Waals surface area (Å²) in [6, 6.07) is 0. The van der Waals surface area contributed by atoms with Crippen LogP contribution in [0.5, 0.6) is 0 Å². The van der Waals surface area contributed by atoms with Crippen molar-refractivity contribution in [1.82, 2.24) is 4.72 Å². The van der Waals surface area contributed by atoms with E-state index in [9.17, 15) is 8.42 Å². The minimum atomic E-state index is -3.00. The molecule has 1 N–H and O–H groups in total. The highest BCUT2D eigenvalue weighted by Crippen LogP contribution is 1.88. The van der Waals surface area contributed by atoms with Crippen LogP contribution in [0.2, 0.25) is 0 Å². The number of hydrogen-bond acceptors (Lipinski definition) is 2. The van der Waals surface area contributed by atoms with Gasteiger partial charge in [-0.05, 0) is 0 Å². The van der Waals surface area contributed by atoms with Gasteiger partial charge in [-0.15, -0.1) is 0 Å². The van der Waals surface area contributed by atoms with Crippen molar-refractivity contribution in [2.24, 2.45) is 0 Å². The third kappa shape index (κ3) is 3.40. The van der Waals surface area contributed by atoms with Crippen molar-refractivity contribution in [3.63, 3.8) is 0 Å². The highest BCUT2D eigenvalue weighted by atomic mass is 79.9. The Kier molecular flexibility index (Phi) is 3.59. The molecule has 0 aliphatic rings. The molecule has 8 heavy (non-hydrogen) atoms. The second kappa shape index (κ2) is 3.42. The van der Waals surface area contributed by atoms with Crippen LogP contribution in [0.15, 0.2) is 0 Å². The van der Waals surface area contributed by atoms with Crippen LogP contribution in [0, 0.1) is 0 Å². The van der Waals surface area contributed by atoms with Gasteiger partial charge in [0.25, 0.3) is 0 Å². The fourth-order valence-electron chi connectivity index (χ4n) is 0.258. The van der Waals surface area contributed by atoms with Crippen molar-refractivity contribution in [3.05, 3.63) is 0 Å². The highest BCUT2D eigenvalue weighted by Gasteiger charge is 2.02. The predicted molar refractivity (Wildman–Crippen MR) is 36.4 cm³/mol. The highest BCUT2D eigenvalue weighted by molar-refractivity contribution is 9.10. The summed E-state index contributed by atoms with van der Waals surface area (Å²) >= 11 is 2.82. The SMILES string of the molecule is CCNS(=O)(=O)CBr. The number of rotatable bonds is 3. The maximum Gasteiger partial charge on any atom is 0.221 e. The minimum absolute atomic E-state index is 0.0200. The first-order valence-corrected chi connectivity index (χ1v) is 4.93. The first-order valence-electron chi connectivity index (χ1n) is 2.15. The van der Waals surface area contributed by atoms with Gasteiger partial charge >= 0.3 is 0 Å². The maximum absolute atomic E-state index is 10.4. The van der Waals surface area contributed by atoms with E-state index in [1.54, 1.807) is 6.92 Å². The fourth-order valence-corrected chi connectivity index (χ4v) is 1.26. The average molecular weight is 202 g/mol. The largest absolute Gasteiger partial charge is 0.221 e. The molecule has 0 saturated heterocycles. The molecular weight excluding hydrogens is 194 g/mol. The van der Waals surface area contributed by atoms with Gasteiger partial charge in [-0.1, -0.05) is 22.9 Å². The van der Waals surface area contributed by atoms with Crippen LogP contribution in [-0.4, -0.2) is 19.6 Å². The number of nitrogens with one attached hydrogen (secondary N) is 1. The number of hydrogen-bond donors (Lipinski definition) is 1. The van der Waals surface area contributed by atoms with Crippen molar-refractivity contribution in [2.45, 2.75) is 6.92 Å². The van der Waals surface area contributed by atoms with Crippen molar-refractivity contribution in [2.75, 3.05) is 11.2 Å². The van der Waals surface area contributed by atoms with Crippen molar-refractivity contribution in [3.8, 4) is 0 Å². The molecule has 0 saturated carbocycles. The lowest BCUT2D eigenvalue weighted by molar-refractivity contribution is 0.589. The van der Waals surface area contributed by atoms with Crippen LogP contribution in [0.25, 0.3) is 0 Å². The van der Waals surface area contributed by atoms with E-state index in [4.69, 9.17) is 0 Å². The summed E-state index contributed by atoms with van der Waals surface area (Å²) in [5.41, 5.74) is 0. The normalized spacial score (nSPS) is 11.8. The summed E-state index contributed by atoms with van der Waals surface area (Å²) < 4.78 is 23.2. The number of alkyl halides is 1. The van der Waals surface area contributed by atoms with Crippen LogP contribution in [0.1, 0.15) is 6.92 Å². The molecule has 0 amide bonds. The van der Waals surface area contributed by atoms with Gasteiger partial charge in [-0.3, -0.25) is 0 Å². The topological polar surface area (TPSA) is 46.2 Å². The van der Waals surface area contributed by atoms with Gasteiger partial charge < -0.3 is 0 Å². The molecule has 0 radical (unpaired) electrons. The molecule has 0 aliphatic heterocycles. The van der Waals surface area contributed by atoms with Crippen LogP contribution in [0.3, 0.4) is 0 Å². The van der Waals surface area contributed by atoms with Crippen LogP contribution in [0.4, 0.5) is 0 Å². The molecule has 0 bridgehead atoms. The standard InChI is InChI=1S/C3H8BrNO2S/c1-2-5-8(6,7)3-4/h5H,2-3H2,1H3. The zero-order valence-corrected chi connectivity index (χ0v) is 6.92. The van der Waals surface area contributed by atoms with Gasteiger partial charge in [0.05, 0.1) is 0 Å². The van der Waals surface area contributed by atoms with Gasteiger partial charge in [-0.2, -0.15) is 0 Å². The van der Waals surface area contributed by atoms with Crippen LogP contribution < -0.4 is 4.72 Å². The van der Waals surface area contributed by atoms with Crippen molar-refractivity contribution in [1.29, 1.82) is 0 Å². The summed E-state index contributed by atoms with van der Waals surface area (Å²) in [4.78, 5) is 0. The molecule has 0 unspecified atom stereocenters. The average Bonchev–Trinajstić information content (AvgIpc) is 1.67. The molecular formula is C3H8BrNO2S. The summed E-state index contributed by atoms with van der Waals surface area (Å²) in [5, 5.41) is 0. The quantitative estimate of drug-likeness (QED) is 0.668. The molecule has 0 heterocycles. The Morgan fingerprint density at radius 1 is 1.62 bits per heavy atom. The van der Waals surface area contributed by atoms with Crippen molar-refractivity contribution >= 4 is 26.0 Å². The summed E-state index contributed by atoms with van der Waals surface area (Å²) in [5.74, 6) is 0. The molecule has 0 aromatic rings. The minimum Gasteiger partial charge on any atom is -0.215 e. The van der Waals surface area contributed by atoms with Gasteiger partial charge in [0.2, 0.25) is 10.0 Å². The lowest BCUT2D eigenvalue weighted by Gasteiger charge is -1.95. The first kappa shape index (κ1) is 8.39. The van der Waals surface area contributed by atoms with Gasteiger partial charge in [0.15, 0.2) is 0 Å². The fraction of sp³-hybridized carbons (Fsp3) is 1.00. The molecule has 0 aromatic carbocycles. The van der Waals surface area contributed by atoms with Crippen molar-refractivity contribution < 1.29 is 8.42 Å². The summed E-state index contributed by atoms with van der Waals surface area (Å²) in [7, 11) is -3.00. The molecule has 50 valence electrons. The second-order valence-corrected chi connectivity index (χ2v) is 4.33. The zero-order valence-electron chi connectivity index (χ0n) is 4.52. The third-order valence-corrected chi connectivity index (χ3v) is 3.33.